The number of aromatic nitrogens is 6. The van der Waals surface area contributed by atoms with Crippen LogP contribution in [0.25, 0.3) is 5.65 Å². The minimum Gasteiger partial charge on any atom is -0.490 e. The third-order valence-corrected chi connectivity index (χ3v) is 14.7. The van der Waals surface area contributed by atoms with E-state index in [0.717, 1.165) is 157 Å². The van der Waals surface area contributed by atoms with E-state index in [4.69, 9.17) is 31.3 Å². The number of aliphatic hydroxyl groups excluding tert-OH is 1. The maximum absolute atomic E-state index is 13.1. The number of halogens is 1. The van der Waals surface area contributed by atoms with Gasteiger partial charge in [-0.3, -0.25) is 9.69 Å². The molecule has 17 nitrogen and oxygen atoms in total. The van der Waals surface area contributed by atoms with Gasteiger partial charge in [-0.05, 0) is 106 Å². The third-order valence-electron chi connectivity index (χ3n) is 14.4. The van der Waals surface area contributed by atoms with Crippen molar-refractivity contribution in [3.63, 3.8) is 0 Å². The van der Waals surface area contributed by atoms with Crippen LogP contribution in [0.2, 0.25) is 5.02 Å². The second kappa shape index (κ2) is 23.2. The van der Waals surface area contributed by atoms with Gasteiger partial charge in [0, 0.05) is 114 Å². The predicted octanol–water partition coefficient (Wildman–Crippen LogP) is 6.39. The fourth-order valence-corrected chi connectivity index (χ4v) is 10.5. The lowest BCUT2D eigenvalue weighted by molar-refractivity contribution is 0.0888. The van der Waals surface area contributed by atoms with Crippen molar-refractivity contribution in [3.05, 3.63) is 88.3 Å². The van der Waals surface area contributed by atoms with Crippen LogP contribution in [0.1, 0.15) is 98.3 Å². The van der Waals surface area contributed by atoms with E-state index in [-0.39, 0.29) is 30.7 Å². The highest BCUT2D eigenvalue weighted by atomic mass is 35.5. The number of hydrogen-bond acceptors (Lipinski definition) is 15. The Morgan fingerprint density at radius 3 is 2.45 bits per heavy atom. The Bertz CT molecular complexity index is 2490. The molecule has 4 aromatic heterocycles. The zero-order valence-electron chi connectivity index (χ0n) is 39.8. The first-order chi connectivity index (χ1) is 33.8. The molecule has 69 heavy (non-hydrogen) atoms. The van der Waals surface area contributed by atoms with Gasteiger partial charge in [-0.15, -0.1) is 10.2 Å². The minimum atomic E-state index is -0.197. The summed E-state index contributed by atoms with van der Waals surface area (Å²) >= 11 is 6.17. The van der Waals surface area contributed by atoms with E-state index in [1.807, 2.05) is 29.0 Å². The first-order valence-corrected chi connectivity index (χ1v) is 25.5. The molecule has 366 valence electrons. The number of rotatable bonds is 18. The highest BCUT2D eigenvalue weighted by molar-refractivity contribution is 6.31. The molecule has 1 aliphatic carbocycles. The SMILES string of the molecule is CCc1cnn2c(NCc3ccc(OCCN4CCN(CC5CCN(c6ccc(C(=O)NC7CCC(Oc8ccc(C#N)c(Cl)c8)CC7)nn6)CC5)CC4)nc3)cc(N3CCCC[C@H]3CCO)nc12. The fourth-order valence-electron chi connectivity index (χ4n) is 10.3. The molecule has 4 aliphatic rings. The van der Waals surface area contributed by atoms with E-state index in [1.54, 1.807) is 24.3 Å². The van der Waals surface area contributed by atoms with Gasteiger partial charge in [-0.2, -0.15) is 14.9 Å². The smallest absolute Gasteiger partial charge is 0.272 e. The van der Waals surface area contributed by atoms with Crippen molar-refractivity contribution < 1.29 is 19.4 Å². The summed E-state index contributed by atoms with van der Waals surface area (Å²) in [6.45, 7) is 12.5. The molecule has 18 heteroatoms. The van der Waals surface area contributed by atoms with E-state index in [0.29, 0.717) is 47.0 Å². The monoisotopic (exact) mass is 960 g/mol. The Kier molecular flexibility index (Phi) is 16.2. The fraction of sp³-hybridized carbons (Fsp3) is 0.549. The third kappa shape index (κ3) is 12.3. The van der Waals surface area contributed by atoms with Crippen LogP contribution >= 0.6 is 11.6 Å². The number of nitriles is 1. The quantitative estimate of drug-likeness (QED) is 0.0877. The van der Waals surface area contributed by atoms with Crippen molar-refractivity contribution in [2.45, 2.75) is 102 Å². The van der Waals surface area contributed by atoms with E-state index < -0.39 is 0 Å². The van der Waals surface area contributed by atoms with Crippen molar-refractivity contribution in [2.75, 3.05) is 87.2 Å². The summed E-state index contributed by atoms with van der Waals surface area (Å²) in [5.74, 6) is 4.39. The maximum Gasteiger partial charge on any atom is 0.272 e. The molecule has 0 radical (unpaired) electrons. The number of pyridine rings is 1. The molecule has 1 aromatic carbocycles. The molecular weight excluding hydrogens is 894 g/mol. The molecule has 3 N–H and O–H groups in total. The molecule has 3 saturated heterocycles. The molecule has 9 rings (SSSR count). The summed E-state index contributed by atoms with van der Waals surface area (Å²) in [6.07, 6.45) is 14.2. The second-order valence-electron chi connectivity index (χ2n) is 19.0. The van der Waals surface area contributed by atoms with Gasteiger partial charge in [-0.25, -0.2) is 9.97 Å². The molecule has 5 aromatic rings. The molecule has 1 atom stereocenters. The lowest BCUT2D eigenvalue weighted by Gasteiger charge is -2.39. The van der Waals surface area contributed by atoms with Gasteiger partial charge in [0.05, 0.1) is 22.9 Å². The number of fused-ring (bicyclic) bond motifs is 1. The number of carbonyl (C=O) groups excluding carboxylic acids is 1. The summed E-state index contributed by atoms with van der Waals surface area (Å²) < 4.78 is 14.1. The van der Waals surface area contributed by atoms with Gasteiger partial charge in [0.15, 0.2) is 17.2 Å². The number of benzene rings is 1. The number of ether oxygens (including phenoxy) is 2. The largest absolute Gasteiger partial charge is 0.490 e. The molecule has 7 heterocycles. The molecule has 4 fully saturated rings. The summed E-state index contributed by atoms with van der Waals surface area (Å²) in [4.78, 5) is 32.5. The number of piperazine rings is 1. The number of aliphatic hydroxyl groups is 1. The molecular formula is C51H66ClN13O4. The Balaban J connectivity index is 0.650. The summed E-state index contributed by atoms with van der Waals surface area (Å²) in [7, 11) is 0. The van der Waals surface area contributed by atoms with Crippen LogP contribution in [-0.4, -0.2) is 141 Å². The van der Waals surface area contributed by atoms with Crippen LogP contribution in [0.5, 0.6) is 11.6 Å². The van der Waals surface area contributed by atoms with Crippen molar-refractivity contribution in [2.24, 2.45) is 5.92 Å². The van der Waals surface area contributed by atoms with E-state index in [2.05, 4.69) is 75.6 Å². The number of anilines is 3. The van der Waals surface area contributed by atoms with Gasteiger partial charge in [0.1, 0.15) is 30.1 Å². The van der Waals surface area contributed by atoms with Crippen LogP contribution in [0.15, 0.2) is 60.9 Å². The topological polar surface area (TPSA) is 185 Å². The van der Waals surface area contributed by atoms with E-state index >= 15 is 0 Å². The molecule has 0 bridgehead atoms. The lowest BCUT2D eigenvalue weighted by Crippen LogP contribution is -2.49. The zero-order valence-corrected chi connectivity index (χ0v) is 40.6. The van der Waals surface area contributed by atoms with Crippen molar-refractivity contribution in [3.8, 4) is 17.7 Å². The van der Waals surface area contributed by atoms with Crippen LogP contribution in [0.4, 0.5) is 17.5 Å². The lowest BCUT2D eigenvalue weighted by atomic mass is 9.93. The highest BCUT2D eigenvalue weighted by Gasteiger charge is 2.28. The van der Waals surface area contributed by atoms with Gasteiger partial charge in [0.2, 0.25) is 5.88 Å². The Labute approximate surface area is 410 Å². The number of amides is 1. The second-order valence-corrected chi connectivity index (χ2v) is 19.4. The molecule has 3 aliphatic heterocycles. The molecule has 1 saturated carbocycles. The average molecular weight is 961 g/mol. The first-order valence-electron chi connectivity index (χ1n) is 25.1. The number of hydrogen-bond donors (Lipinski definition) is 3. The van der Waals surface area contributed by atoms with Crippen LogP contribution in [0.3, 0.4) is 0 Å². The van der Waals surface area contributed by atoms with Crippen molar-refractivity contribution in [1.29, 1.82) is 5.26 Å². The average Bonchev–Trinajstić information content (AvgIpc) is 3.81. The molecule has 0 unspecified atom stereocenters. The van der Waals surface area contributed by atoms with Crippen molar-refractivity contribution >= 4 is 40.6 Å². The number of carbonyl (C=O) groups is 1. The Morgan fingerprint density at radius 2 is 1.72 bits per heavy atom. The first kappa shape index (κ1) is 48.2. The summed E-state index contributed by atoms with van der Waals surface area (Å²) in [5, 5.41) is 39.4. The summed E-state index contributed by atoms with van der Waals surface area (Å²) in [6, 6.07) is 17.4. The molecule has 1 amide bonds. The Hall–Kier alpha value is -5.80. The van der Waals surface area contributed by atoms with Gasteiger partial charge in [0.25, 0.3) is 5.91 Å². The minimum absolute atomic E-state index is 0.0366. The van der Waals surface area contributed by atoms with Crippen LogP contribution < -0.4 is 29.9 Å². The number of aryl methyl sites for hydroxylation is 1. The number of nitrogens with zero attached hydrogens (tertiary/aromatic N) is 11. The van der Waals surface area contributed by atoms with E-state index in [1.165, 1.54) is 6.42 Å². The van der Waals surface area contributed by atoms with Crippen molar-refractivity contribution in [1.82, 2.24) is 44.9 Å². The van der Waals surface area contributed by atoms with Gasteiger partial charge >= 0.3 is 0 Å². The van der Waals surface area contributed by atoms with Crippen LogP contribution in [0, 0.1) is 17.2 Å². The standard InChI is InChI=1S/C51H66ClN13O4/c1-2-38-34-56-65-47(30-48(58-50(38)65)64-19-4-3-5-41(64)18-27-66)54-32-37-6-15-49(55-33-37)68-28-26-61-22-24-62(25-23-61)35-36-16-20-63(21-17-36)46-14-13-45(59-60-46)51(67)57-40-8-11-42(12-9-40)69-43-10-7-39(31-53)44(52)29-43/h6-7,10,13-15,29-30,33-34,36,40-42,54,66H,2-5,8-9,11-12,16-28,32,35H2,1H3,(H,57,67)/t40?,41-,42?/m0/s1. The highest BCUT2D eigenvalue weighted by Crippen LogP contribution is 2.31. The number of piperidine rings is 2. The van der Waals surface area contributed by atoms with E-state index in [9.17, 15) is 9.90 Å². The maximum atomic E-state index is 13.1. The summed E-state index contributed by atoms with van der Waals surface area (Å²) in [5.41, 5.74) is 3.80. The predicted molar refractivity (Wildman–Crippen MR) is 266 cm³/mol. The normalized spacial score (nSPS) is 20.7. The van der Waals surface area contributed by atoms with Gasteiger partial charge < -0.3 is 39.9 Å². The van der Waals surface area contributed by atoms with Crippen LogP contribution in [-0.2, 0) is 13.0 Å². The molecule has 0 spiro atoms. The van der Waals surface area contributed by atoms with Gasteiger partial charge in [-0.1, -0.05) is 24.6 Å². The zero-order chi connectivity index (χ0) is 47.5. The Morgan fingerprint density at radius 1 is 0.899 bits per heavy atom. The number of nitrogens with one attached hydrogen (secondary N) is 2.